The van der Waals surface area contributed by atoms with Crippen molar-refractivity contribution >= 4 is 5.96 Å². The lowest BCUT2D eigenvalue weighted by Gasteiger charge is -2.24. The average Bonchev–Trinajstić information content (AvgIpc) is 2.91. The molecule has 0 radical (unpaired) electrons. The molecule has 4 nitrogen and oxygen atoms in total. The van der Waals surface area contributed by atoms with Gasteiger partial charge >= 0.3 is 0 Å². The Balaban J connectivity index is 1.74. The van der Waals surface area contributed by atoms with Gasteiger partial charge < -0.3 is 15.4 Å². The van der Waals surface area contributed by atoms with E-state index in [9.17, 15) is 4.39 Å². The standard InChI is InChI=1S/C16H24FN3O/c1-16(9-5-11-21-16)12-20-15(18-2)19-10-8-13-6-3-4-7-14(13)17/h3-4,6-7H,5,8-12H2,1-2H3,(H2,18,19,20). The quantitative estimate of drug-likeness (QED) is 0.645. The van der Waals surface area contributed by atoms with Crippen LogP contribution in [0.4, 0.5) is 4.39 Å². The highest BCUT2D eigenvalue weighted by molar-refractivity contribution is 5.79. The van der Waals surface area contributed by atoms with Crippen molar-refractivity contribution < 1.29 is 9.13 Å². The van der Waals surface area contributed by atoms with Crippen molar-refractivity contribution in [3.63, 3.8) is 0 Å². The Bertz CT molecular complexity index is 484. The van der Waals surface area contributed by atoms with Gasteiger partial charge in [0.15, 0.2) is 5.96 Å². The molecule has 0 aromatic heterocycles. The van der Waals surface area contributed by atoms with Gasteiger partial charge in [-0.3, -0.25) is 4.99 Å². The van der Waals surface area contributed by atoms with E-state index in [-0.39, 0.29) is 11.4 Å². The largest absolute Gasteiger partial charge is 0.373 e. The lowest BCUT2D eigenvalue weighted by Crippen LogP contribution is -2.45. The first kappa shape index (κ1) is 15.8. The van der Waals surface area contributed by atoms with Crippen molar-refractivity contribution in [2.75, 3.05) is 26.7 Å². The second-order valence-electron chi connectivity index (χ2n) is 5.60. The van der Waals surface area contributed by atoms with E-state index in [1.54, 1.807) is 19.2 Å². The highest BCUT2D eigenvalue weighted by atomic mass is 19.1. The lowest BCUT2D eigenvalue weighted by molar-refractivity contribution is 0.0243. The van der Waals surface area contributed by atoms with Gasteiger partial charge in [-0.25, -0.2) is 4.39 Å². The summed E-state index contributed by atoms with van der Waals surface area (Å²) in [5.41, 5.74) is 0.606. The van der Waals surface area contributed by atoms with Crippen LogP contribution < -0.4 is 10.6 Å². The van der Waals surface area contributed by atoms with Crippen LogP contribution in [0.3, 0.4) is 0 Å². The van der Waals surface area contributed by atoms with E-state index in [1.165, 1.54) is 6.07 Å². The van der Waals surface area contributed by atoms with Gasteiger partial charge in [-0.2, -0.15) is 0 Å². The number of hydrogen-bond acceptors (Lipinski definition) is 2. The van der Waals surface area contributed by atoms with E-state index in [0.717, 1.165) is 32.0 Å². The maximum Gasteiger partial charge on any atom is 0.191 e. The smallest absolute Gasteiger partial charge is 0.191 e. The summed E-state index contributed by atoms with van der Waals surface area (Å²) in [7, 11) is 1.73. The number of benzene rings is 1. The van der Waals surface area contributed by atoms with Crippen molar-refractivity contribution in [3.8, 4) is 0 Å². The SMILES string of the molecule is CN=C(NCCc1ccccc1F)NCC1(C)CCCO1. The van der Waals surface area contributed by atoms with Crippen LogP contribution in [0.25, 0.3) is 0 Å². The van der Waals surface area contributed by atoms with Crippen molar-refractivity contribution in [2.24, 2.45) is 4.99 Å². The third-order valence-corrected chi connectivity index (χ3v) is 3.80. The molecule has 0 aliphatic carbocycles. The topological polar surface area (TPSA) is 45.7 Å². The first-order valence-corrected chi connectivity index (χ1v) is 7.45. The number of rotatable bonds is 5. The average molecular weight is 293 g/mol. The fourth-order valence-corrected chi connectivity index (χ4v) is 2.48. The fraction of sp³-hybridized carbons (Fsp3) is 0.562. The first-order chi connectivity index (χ1) is 10.1. The molecule has 116 valence electrons. The van der Waals surface area contributed by atoms with Gasteiger partial charge in [0.05, 0.1) is 5.60 Å². The number of aliphatic imine (C=N–C) groups is 1. The molecule has 1 atom stereocenters. The number of hydrogen-bond donors (Lipinski definition) is 2. The monoisotopic (exact) mass is 293 g/mol. The van der Waals surface area contributed by atoms with Gasteiger partial charge in [0.1, 0.15) is 5.82 Å². The van der Waals surface area contributed by atoms with Crippen LogP contribution in [-0.2, 0) is 11.2 Å². The van der Waals surface area contributed by atoms with E-state index in [2.05, 4.69) is 22.5 Å². The van der Waals surface area contributed by atoms with Crippen molar-refractivity contribution in [1.82, 2.24) is 10.6 Å². The number of nitrogens with one attached hydrogen (secondary N) is 2. The van der Waals surface area contributed by atoms with Gasteiger partial charge in [-0.15, -0.1) is 0 Å². The molecule has 1 aromatic rings. The van der Waals surface area contributed by atoms with Gasteiger partial charge in [0.25, 0.3) is 0 Å². The third kappa shape index (κ3) is 4.70. The predicted octanol–water partition coefficient (Wildman–Crippen LogP) is 2.10. The molecule has 0 spiro atoms. The Labute approximate surface area is 125 Å². The molecule has 1 fully saturated rings. The number of guanidine groups is 1. The van der Waals surface area contributed by atoms with Crippen LogP contribution in [0.2, 0.25) is 0 Å². The van der Waals surface area contributed by atoms with Crippen molar-refractivity contribution in [2.45, 2.75) is 31.8 Å². The van der Waals surface area contributed by atoms with Crippen LogP contribution in [0.5, 0.6) is 0 Å². The number of nitrogens with zero attached hydrogens (tertiary/aromatic N) is 1. The molecule has 21 heavy (non-hydrogen) atoms. The van der Waals surface area contributed by atoms with E-state index in [1.807, 2.05) is 6.07 Å². The van der Waals surface area contributed by atoms with Crippen LogP contribution in [0.15, 0.2) is 29.3 Å². The van der Waals surface area contributed by atoms with Crippen molar-refractivity contribution in [1.29, 1.82) is 0 Å². The predicted molar refractivity (Wildman–Crippen MR) is 83.1 cm³/mol. The minimum Gasteiger partial charge on any atom is -0.373 e. The first-order valence-electron chi connectivity index (χ1n) is 7.45. The van der Waals surface area contributed by atoms with Gasteiger partial charge in [0, 0.05) is 26.7 Å². The van der Waals surface area contributed by atoms with E-state index in [4.69, 9.17) is 4.74 Å². The second kappa shape index (κ2) is 7.41. The Morgan fingerprint density at radius 1 is 1.38 bits per heavy atom. The Morgan fingerprint density at radius 3 is 2.86 bits per heavy atom. The molecule has 1 aliphatic rings. The molecule has 1 heterocycles. The summed E-state index contributed by atoms with van der Waals surface area (Å²) < 4.78 is 19.2. The second-order valence-corrected chi connectivity index (χ2v) is 5.60. The molecule has 2 rings (SSSR count). The summed E-state index contributed by atoms with van der Waals surface area (Å²) >= 11 is 0. The minimum absolute atomic E-state index is 0.108. The number of halogens is 1. The van der Waals surface area contributed by atoms with E-state index >= 15 is 0 Å². The zero-order chi connectivity index (χ0) is 15.1. The summed E-state index contributed by atoms with van der Waals surface area (Å²) in [5, 5.41) is 6.48. The maximum absolute atomic E-state index is 13.5. The normalized spacial score (nSPS) is 22.3. The highest BCUT2D eigenvalue weighted by Crippen LogP contribution is 2.23. The van der Waals surface area contributed by atoms with Crippen LogP contribution in [-0.4, -0.2) is 38.3 Å². The van der Waals surface area contributed by atoms with E-state index < -0.39 is 0 Å². The molecule has 1 aliphatic heterocycles. The molecule has 2 N–H and O–H groups in total. The van der Waals surface area contributed by atoms with Gasteiger partial charge in [-0.1, -0.05) is 18.2 Å². The van der Waals surface area contributed by atoms with E-state index in [0.29, 0.717) is 18.5 Å². The lowest BCUT2D eigenvalue weighted by atomic mass is 10.0. The highest BCUT2D eigenvalue weighted by Gasteiger charge is 2.29. The summed E-state index contributed by atoms with van der Waals surface area (Å²) in [5.74, 6) is 0.567. The Morgan fingerprint density at radius 2 is 2.19 bits per heavy atom. The van der Waals surface area contributed by atoms with Crippen LogP contribution in [0, 0.1) is 5.82 Å². The summed E-state index contributed by atoms with van der Waals surface area (Å²) in [6.07, 6.45) is 2.80. The molecule has 0 bridgehead atoms. The van der Waals surface area contributed by atoms with Crippen LogP contribution >= 0.6 is 0 Å². The van der Waals surface area contributed by atoms with Crippen LogP contribution in [0.1, 0.15) is 25.3 Å². The molecule has 5 heteroatoms. The number of ether oxygens (including phenoxy) is 1. The van der Waals surface area contributed by atoms with Gasteiger partial charge in [0.2, 0.25) is 0 Å². The summed E-state index contributed by atoms with van der Waals surface area (Å²) in [6, 6.07) is 6.85. The molecule has 0 saturated carbocycles. The molecule has 1 unspecified atom stereocenters. The molecule has 1 aromatic carbocycles. The third-order valence-electron chi connectivity index (χ3n) is 3.80. The maximum atomic E-state index is 13.5. The molecule has 0 amide bonds. The summed E-state index contributed by atoms with van der Waals surface area (Å²) in [6.45, 7) is 4.31. The van der Waals surface area contributed by atoms with Gasteiger partial charge in [-0.05, 0) is 37.8 Å². The molecular weight excluding hydrogens is 269 g/mol. The molecule has 1 saturated heterocycles. The Kier molecular flexibility index (Phi) is 5.56. The molecular formula is C16H24FN3O. The van der Waals surface area contributed by atoms with Crippen molar-refractivity contribution in [3.05, 3.63) is 35.6 Å². The minimum atomic E-state index is -0.158. The zero-order valence-electron chi connectivity index (χ0n) is 12.8. The zero-order valence-corrected chi connectivity index (χ0v) is 12.8. The Hall–Kier alpha value is -1.62. The summed E-state index contributed by atoms with van der Waals surface area (Å²) in [4.78, 5) is 4.18. The fourth-order valence-electron chi connectivity index (χ4n) is 2.48.